The Morgan fingerprint density at radius 3 is 2.46 bits per heavy atom. The summed E-state index contributed by atoms with van der Waals surface area (Å²) in [5, 5.41) is 0. The van der Waals surface area contributed by atoms with Gasteiger partial charge in [-0.1, -0.05) is 13.8 Å². The van der Waals surface area contributed by atoms with Gasteiger partial charge in [0.15, 0.2) is 0 Å². The third kappa shape index (κ3) is 5.64. The molecule has 13 heavy (non-hydrogen) atoms. The monoisotopic (exact) mass is 187 g/mol. The van der Waals surface area contributed by atoms with Gasteiger partial charge in [0.25, 0.3) is 0 Å². The van der Waals surface area contributed by atoms with Gasteiger partial charge >= 0.3 is 0 Å². The molecule has 1 amide bonds. The lowest BCUT2D eigenvalue weighted by molar-refractivity contribution is -0.132. The lowest BCUT2D eigenvalue weighted by Crippen LogP contribution is -2.34. The fraction of sp³-hybridized carbons (Fsp3) is 0.900. The van der Waals surface area contributed by atoms with Gasteiger partial charge in [-0.15, -0.1) is 0 Å². The third-order valence-electron chi connectivity index (χ3n) is 1.88. The van der Waals surface area contributed by atoms with Crippen molar-refractivity contribution in [1.82, 2.24) is 4.90 Å². The number of hydrogen-bond donors (Lipinski definition) is 0. The van der Waals surface area contributed by atoms with Crippen LogP contribution in [0.25, 0.3) is 0 Å². The van der Waals surface area contributed by atoms with E-state index in [9.17, 15) is 4.79 Å². The predicted octanol–water partition coefficient (Wildman–Crippen LogP) is 1.53. The van der Waals surface area contributed by atoms with E-state index < -0.39 is 0 Å². The van der Waals surface area contributed by atoms with Gasteiger partial charge < -0.3 is 9.64 Å². The smallest absolute Gasteiger partial charge is 0.222 e. The van der Waals surface area contributed by atoms with Crippen molar-refractivity contribution in [3.05, 3.63) is 0 Å². The zero-order chi connectivity index (χ0) is 10.3. The molecule has 0 saturated carbocycles. The molecule has 0 fully saturated rings. The number of carbonyl (C=O) groups is 1. The van der Waals surface area contributed by atoms with E-state index in [0.29, 0.717) is 25.5 Å². The van der Waals surface area contributed by atoms with Crippen molar-refractivity contribution in [3.8, 4) is 0 Å². The van der Waals surface area contributed by atoms with Gasteiger partial charge in [-0.25, -0.2) is 0 Å². The van der Waals surface area contributed by atoms with E-state index in [1.54, 1.807) is 7.11 Å². The molecule has 0 aliphatic carbocycles. The van der Waals surface area contributed by atoms with E-state index in [4.69, 9.17) is 4.74 Å². The van der Waals surface area contributed by atoms with Gasteiger partial charge in [-0.05, 0) is 12.8 Å². The summed E-state index contributed by atoms with van der Waals surface area (Å²) in [7, 11) is 1.65. The maximum absolute atomic E-state index is 11.6. The molecule has 0 spiro atoms. The average molecular weight is 187 g/mol. The minimum Gasteiger partial charge on any atom is -0.383 e. The molecule has 0 N–H and O–H groups in total. The van der Waals surface area contributed by atoms with E-state index in [2.05, 4.69) is 13.8 Å². The highest BCUT2D eigenvalue weighted by molar-refractivity contribution is 5.76. The quantitative estimate of drug-likeness (QED) is 0.631. The van der Waals surface area contributed by atoms with Crippen LogP contribution in [0.3, 0.4) is 0 Å². The van der Waals surface area contributed by atoms with Gasteiger partial charge in [-0.2, -0.15) is 0 Å². The van der Waals surface area contributed by atoms with Gasteiger partial charge in [0.1, 0.15) is 0 Å². The fourth-order valence-electron chi connectivity index (χ4n) is 1.14. The number of rotatable bonds is 6. The van der Waals surface area contributed by atoms with Crippen LogP contribution < -0.4 is 0 Å². The first-order valence-electron chi connectivity index (χ1n) is 4.88. The number of amides is 1. The van der Waals surface area contributed by atoms with E-state index in [1.807, 2.05) is 11.8 Å². The first-order valence-corrected chi connectivity index (χ1v) is 4.88. The summed E-state index contributed by atoms with van der Waals surface area (Å²) in [5.74, 6) is 0.665. The van der Waals surface area contributed by atoms with Gasteiger partial charge in [0.05, 0.1) is 6.61 Å². The van der Waals surface area contributed by atoms with Crippen LogP contribution in [0.1, 0.15) is 27.2 Å². The Bertz CT molecular complexity index is 146. The van der Waals surface area contributed by atoms with E-state index in [0.717, 1.165) is 6.54 Å². The summed E-state index contributed by atoms with van der Waals surface area (Å²) in [6.45, 7) is 8.21. The molecule has 0 bridgehead atoms. The number of likely N-dealkylation sites (N-methyl/N-ethyl adjacent to an activating group) is 1. The van der Waals surface area contributed by atoms with Crippen LogP contribution in [0, 0.1) is 5.92 Å². The summed E-state index contributed by atoms with van der Waals surface area (Å²) in [4.78, 5) is 13.4. The van der Waals surface area contributed by atoms with Crippen molar-refractivity contribution < 1.29 is 9.53 Å². The van der Waals surface area contributed by atoms with E-state index >= 15 is 0 Å². The second-order valence-corrected chi connectivity index (χ2v) is 3.56. The van der Waals surface area contributed by atoms with Crippen LogP contribution in [0.2, 0.25) is 0 Å². The first-order chi connectivity index (χ1) is 6.11. The molecule has 0 rings (SSSR count). The molecule has 0 aliphatic rings. The van der Waals surface area contributed by atoms with Crippen LogP contribution in [0.4, 0.5) is 0 Å². The van der Waals surface area contributed by atoms with Crippen LogP contribution in [-0.2, 0) is 9.53 Å². The van der Waals surface area contributed by atoms with Gasteiger partial charge in [-0.3, -0.25) is 4.79 Å². The molecule has 0 radical (unpaired) electrons. The highest BCUT2D eigenvalue weighted by Gasteiger charge is 2.12. The summed E-state index contributed by atoms with van der Waals surface area (Å²) < 4.78 is 4.94. The van der Waals surface area contributed by atoms with Crippen LogP contribution >= 0.6 is 0 Å². The normalized spacial score (nSPS) is 10.5. The number of carbonyl (C=O) groups excluding carboxylic acids is 1. The number of hydrogen-bond acceptors (Lipinski definition) is 2. The Kier molecular flexibility index (Phi) is 6.59. The van der Waals surface area contributed by atoms with Crippen molar-refractivity contribution in [1.29, 1.82) is 0 Å². The Hall–Kier alpha value is -0.570. The molecule has 78 valence electrons. The number of methoxy groups -OCH3 is 1. The average Bonchev–Trinajstić information content (AvgIpc) is 2.04. The zero-order valence-electron chi connectivity index (χ0n) is 9.17. The Morgan fingerprint density at radius 1 is 1.46 bits per heavy atom. The van der Waals surface area contributed by atoms with Crippen molar-refractivity contribution in [2.75, 3.05) is 26.8 Å². The fourth-order valence-corrected chi connectivity index (χ4v) is 1.14. The molecular formula is C10H21NO2. The summed E-state index contributed by atoms with van der Waals surface area (Å²) in [6.07, 6.45) is 0.636. The standard InChI is InChI=1S/C10H21NO2/c1-5-11(6-7-13-4)10(12)8-9(2)3/h9H,5-8H2,1-4H3. The number of nitrogens with zero attached hydrogens (tertiary/aromatic N) is 1. The second kappa shape index (κ2) is 6.89. The molecule has 0 aliphatic heterocycles. The minimum atomic E-state index is 0.231. The molecule has 3 heteroatoms. The highest BCUT2D eigenvalue weighted by atomic mass is 16.5. The van der Waals surface area contributed by atoms with E-state index in [1.165, 1.54) is 0 Å². The predicted molar refractivity (Wildman–Crippen MR) is 53.6 cm³/mol. The molecule has 0 aromatic carbocycles. The van der Waals surface area contributed by atoms with Gasteiger partial charge in [0, 0.05) is 26.6 Å². The minimum absolute atomic E-state index is 0.231. The third-order valence-corrected chi connectivity index (χ3v) is 1.88. The molecule has 0 atom stereocenters. The van der Waals surface area contributed by atoms with Crippen molar-refractivity contribution in [3.63, 3.8) is 0 Å². The summed E-state index contributed by atoms with van der Waals surface area (Å²) >= 11 is 0. The Morgan fingerprint density at radius 2 is 2.08 bits per heavy atom. The molecule has 3 nitrogen and oxygen atoms in total. The molecular weight excluding hydrogens is 166 g/mol. The molecule has 0 aromatic rings. The van der Waals surface area contributed by atoms with Crippen molar-refractivity contribution >= 4 is 5.91 Å². The molecule has 0 unspecified atom stereocenters. The SMILES string of the molecule is CCN(CCOC)C(=O)CC(C)C. The van der Waals surface area contributed by atoms with Crippen molar-refractivity contribution in [2.45, 2.75) is 27.2 Å². The summed E-state index contributed by atoms with van der Waals surface area (Å²) in [6, 6.07) is 0. The summed E-state index contributed by atoms with van der Waals surface area (Å²) in [5.41, 5.74) is 0. The maximum Gasteiger partial charge on any atom is 0.222 e. The number of ether oxygens (including phenoxy) is 1. The first kappa shape index (κ1) is 12.4. The lowest BCUT2D eigenvalue weighted by atomic mass is 10.1. The zero-order valence-corrected chi connectivity index (χ0v) is 9.17. The molecule has 0 aromatic heterocycles. The molecule has 0 heterocycles. The lowest BCUT2D eigenvalue weighted by Gasteiger charge is -2.21. The molecule has 0 saturated heterocycles. The topological polar surface area (TPSA) is 29.5 Å². The maximum atomic E-state index is 11.6. The highest BCUT2D eigenvalue weighted by Crippen LogP contribution is 2.03. The van der Waals surface area contributed by atoms with Crippen LogP contribution in [-0.4, -0.2) is 37.6 Å². The Balaban J connectivity index is 3.84. The second-order valence-electron chi connectivity index (χ2n) is 3.56. The Labute approximate surface area is 81.1 Å². The van der Waals surface area contributed by atoms with Gasteiger partial charge in [0.2, 0.25) is 5.91 Å². The van der Waals surface area contributed by atoms with Crippen molar-refractivity contribution in [2.24, 2.45) is 5.92 Å². The van der Waals surface area contributed by atoms with E-state index in [-0.39, 0.29) is 5.91 Å². The van der Waals surface area contributed by atoms with Crippen LogP contribution in [0.5, 0.6) is 0 Å². The largest absolute Gasteiger partial charge is 0.383 e. The van der Waals surface area contributed by atoms with Crippen LogP contribution in [0.15, 0.2) is 0 Å².